The predicted molar refractivity (Wildman–Crippen MR) is 54.8 cm³/mol. The van der Waals surface area contributed by atoms with E-state index in [-0.39, 0.29) is 0 Å². The molecule has 1 nitrogen and oxygen atoms in total. The van der Waals surface area contributed by atoms with Crippen molar-refractivity contribution in [2.75, 3.05) is 0 Å². The summed E-state index contributed by atoms with van der Waals surface area (Å²) < 4.78 is 0. The average Bonchev–Trinajstić information content (AvgIpc) is 2.49. The van der Waals surface area contributed by atoms with Crippen molar-refractivity contribution in [3.05, 3.63) is 29.1 Å². The van der Waals surface area contributed by atoms with Gasteiger partial charge in [0.15, 0.2) is 0 Å². The molecule has 0 atom stereocenters. The second-order valence-corrected chi connectivity index (χ2v) is 4.36. The summed E-state index contributed by atoms with van der Waals surface area (Å²) in [7, 11) is 0. The van der Waals surface area contributed by atoms with Crippen molar-refractivity contribution in [2.45, 2.75) is 39.5 Å². The molecule has 0 bridgehead atoms. The van der Waals surface area contributed by atoms with Crippen molar-refractivity contribution in [2.24, 2.45) is 5.92 Å². The maximum absolute atomic E-state index is 4.69. The maximum atomic E-state index is 4.69. The number of pyridine rings is 1. The first kappa shape index (κ1) is 8.74. The van der Waals surface area contributed by atoms with E-state index in [1.807, 2.05) is 0 Å². The highest BCUT2D eigenvalue weighted by atomic mass is 14.7. The summed E-state index contributed by atoms with van der Waals surface area (Å²) in [4.78, 5) is 4.69. The van der Waals surface area contributed by atoms with Gasteiger partial charge in [-0.3, -0.25) is 4.98 Å². The number of nitrogens with zero attached hydrogens (tertiary/aromatic N) is 1. The summed E-state index contributed by atoms with van der Waals surface area (Å²) in [6.07, 6.45) is 4.85. The van der Waals surface area contributed by atoms with Gasteiger partial charge in [-0.15, -0.1) is 0 Å². The fourth-order valence-corrected chi connectivity index (χ4v) is 2.00. The molecule has 1 aromatic heterocycles. The lowest BCUT2D eigenvalue weighted by Crippen LogP contribution is -1.99. The average molecular weight is 175 g/mol. The smallest absolute Gasteiger partial charge is 0.0438 e. The van der Waals surface area contributed by atoms with Crippen LogP contribution >= 0.6 is 0 Å². The zero-order chi connectivity index (χ0) is 9.26. The van der Waals surface area contributed by atoms with Crippen LogP contribution in [0.5, 0.6) is 0 Å². The van der Waals surface area contributed by atoms with Crippen molar-refractivity contribution >= 4 is 0 Å². The second-order valence-electron chi connectivity index (χ2n) is 4.36. The third-order valence-corrected chi connectivity index (χ3v) is 2.60. The Balaban J connectivity index is 2.21. The van der Waals surface area contributed by atoms with E-state index >= 15 is 0 Å². The van der Waals surface area contributed by atoms with E-state index < -0.39 is 0 Å². The molecule has 0 aliphatic heterocycles. The van der Waals surface area contributed by atoms with Gasteiger partial charge in [-0.2, -0.15) is 0 Å². The van der Waals surface area contributed by atoms with Crippen LogP contribution in [0.15, 0.2) is 12.1 Å². The third-order valence-electron chi connectivity index (χ3n) is 2.60. The van der Waals surface area contributed by atoms with Gasteiger partial charge in [-0.05, 0) is 43.2 Å². The molecule has 0 radical (unpaired) electrons. The summed E-state index contributed by atoms with van der Waals surface area (Å²) in [5.74, 6) is 0.715. The van der Waals surface area contributed by atoms with Crippen LogP contribution in [-0.2, 0) is 19.3 Å². The Morgan fingerprint density at radius 3 is 2.92 bits per heavy atom. The van der Waals surface area contributed by atoms with Crippen molar-refractivity contribution in [1.82, 2.24) is 4.98 Å². The van der Waals surface area contributed by atoms with Crippen LogP contribution in [0.1, 0.15) is 37.2 Å². The Morgan fingerprint density at radius 2 is 2.15 bits per heavy atom. The molecule has 0 fully saturated rings. The standard InChI is InChI=1S/C12H17N/c1-9(2)8-11-7-6-10-4-3-5-12(10)13-11/h6-7,9H,3-5,8H2,1-2H3. The zero-order valence-corrected chi connectivity index (χ0v) is 8.51. The minimum absolute atomic E-state index is 0.715. The number of fused-ring (bicyclic) bond motifs is 1. The topological polar surface area (TPSA) is 12.9 Å². The van der Waals surface area contributed by atoms with Gasteiger partial charge in [0.25, 0.3) is 0 Å². The van der Waals surface area contributed by atoms with Crippen LogP contribution in [0.4, 0.5) is 0 Å². The minimum Gasteiger partial charge on any atom is -0.258 e. The lowest BCUT2D eigenvalue weighted by atomic mass is 10.1. The van der Waals surface area contributed by atoms with E-state index in [9.17, 15) is 0 Å². The van der Waals surface area contributed by atoms with Gasteiger partial charge in [0, 0.05) is 11.4 Å². The van der Waals surface area contributed by atoms with Crippen LogP contribution < -0.4 is 0 Å². The molecule has 1 aromatic rings. The fourth-order valence-electron chi connectivity index (χ4n) is 2.00. The molecule has 1 heteroatoms. The molecule has 0 aromatic carbocycles. The summed E-state index contributed by atoms with van der Waals surface area (Å²) in [5, 5.41) is 0. The lowest BCUT2D eigenvalue weighted by molar-refractivity contribution is 0.633. The van der Waals surface area contributed by atoms with Gasteiger partial charge in [0.05, 0.1) is 0 Å². The largest absolute Gasteiger partial charge is 0.258 e. The van der Waals surface area contributed by atoms with Gasteiger partial charge in [0.1, 0.15) is 0 Å². The van der Waals surface area contributed by atoms with Gasteiger partial charge in [0.2, 0.25) is 0 Å². The summed E-state index contributed by atoms with van der Waals surface area (Å²) in [6.45, 7) is 4.49. The highest BCUT2D eigenvalue weighted by Crippen LogP contribution is 2.20. The van der Waals surface area contributed by atoms with Crippen molar-refractivity contribution in [1.29, 1.82) is 0 Å². The Morgan fingerprint density at radius 1 is 1.31 bits per heavy atom. The molecule has 1 heterocycles. The van der Waals surface area contributed by atoms with Gasteiger partial charge in [-0.1, -0.05) is 19.9 Å². The Bertz CT molecular complexity index is 302. The van der Waals surface area contributed by atoms with E-state index in [1.165, 1.54) is 36.2 Å². The Kier molecular flexibility index (Phi) is 2.34. The quantitative estimate of drug-likeness (QED) is 0.673. The van der Waals surface area contributed by atoms with Gasteiger partial charge >= 0.3 is 0 Å². The van der Waals surface area contributed by atoms with E-state index in [0.717, 1.165) is 6.42 Å². The van der Waals surface area contributed by atoms with Crippen LogP contribution in [0.3, 0.4) is 0 Å². The molecule has 13 heavy (non-hydrogen) atoms. The highest BCUT2D eigenvalue weighted by molar-refractivity contribution is 5.27. The summed E-state index contributed by atoms with van der Waals surface area (Å²) >= 11 is 0. The predicted octanol–water partition coefficient (Wildman–Crippen LogP) is 2.77. The van der Waals surface area contributed by atoms with Crippen LogP contribution in [0.25, 0.3) is 0 Å². The second kappa shape index (κ2) is 3.49. The highest BCUT2D eigenvalue weighted by Gasteiger charge is 2.12. The third kappa shape index (κ3) is 1.90. The van der Waals surface area contributed by atoms with Crippen molar-refractivity contribution < 1.29 is 0 Å². The fraction of sp³-hybridized carbons (Fsp3) is 0.583. The molecule has 0 saturated heterocycles. The number of rotatable bonds is 2. The van der Waals surface area contributed by atoms with E-state index in [0.29, 0.717) is 5.92 Å². The van der Waals surface area contributed by atoms with Crippen LogP contribution in [-0.4, -0.2) is 4.98 Å². The van der Waals surface area contributed by atoms with E-state index in [4.69, 9.17) is 4.98 Å². The molecule has 1 aliphatic rings. The summed E-state index contributed by atoms with van der Waals surface area (Å²) in [5.41, 5.74) is 4.11. The summed E-state index contributed by atoms with van der Waals surface area (Å²) in [6, 6.07) is 4.47. The van der Waals surface area contributed by atoms with Crippen LogP contribution in [0.2, 0.25) is 0 Å². The number of hydrogen-bond donors (Lipinski definition) is 0. The molecule has 1 aliphatic carbocycles. The van der Waals surface area contributed by atoms with Crippen molar-refractivity contribution in [3.8, 4) is 0 Å². The Labute approximate surface area is 80.2 Å². The lowest BCUT2D eigenvalue weighted by Gasteiger charge is -2.05. The number of aromatic nitrogens is 1. The normalized spacial score (nSPS) is 15.0. The molecule has 70 valence electrons. The first-order valence-corrected chi connectivity index (χ1v) is 5.23. The number of aryl methyl sites for hydroxylation is 2. The minimum atomic E-state index is 0.715. The molecular formula is C12H17N. The van der Waals surface area contributed by atoms with Crippen molar-refractivity contribution in [3.63, 3.8) is 0 Å². The molecular weight excluding hydrogens is 158 g/mol. The zero-order valence-electron chi connectivity index (χ0n) is 8.51. The molecule has 0 amide bonds. The van der Waals surface area contributed by atoms with E-state index in [1.54, 1.807) is 0 Å². The SMILES string of the molecule is CC(C)Cc1ccc2c(n1)CCC2. The number of hydrogen-bond acceptors (Lipinski definition) is 1. The van der Waals surface area contributed by atoms with E-state index in [2.05, 4.69) is 26.0 Å². The Hall–Kier alpha value is -0.850. The maximum Gasteiger partial charge on any atom is 0.0438 e. The molecule has 2 rings (SSSR count). The van der Waals surface area contributed by atoms with Gasteiger partial charge in [-0.25, -0.2) is 0 Å². The van der Waals surface area contributed by atoms with Crippen LogP contribution in [0, 0.1) is 5.92 Å². The van der Waals surface area contributed by atoms with Gasteiger partial charge < -0.3 is 0 Å². The monoisotopic (exact) mass is 175 g/mol. The molecule has 0 unspecified atom stereocenters. The molecule has 0 N–H and O–H groups in total. The molecule has 0 spiro atoms. The first-order valence-electron chi connectivity index (χ1n) is 5.23. The molecule has 0 saturated carbocycles. The first-order chi connectivity index (χ1) is 6.25.